The number of likely N-dealkylation sites (tertiary alicyclic amines) is 1. The molecule has 2 fully saturated rings. The number of aliphatic hydroxyl groups is 1. The number of ether oxygens (including phenoxy) is 1. The molecule has 0 aromatic carbocycles. The zero-order valence-corrected chi connectivity index (χ0v) is 14.1. The highest BCUT2D eigenvalue weighted by Gasteiger charge is 2.50. The highest BCUT2D eigenvalue weighted by Crippen LogP contribution is 2.40. The molecule has 5 nitrogen and oxygen atoms in total. The van der Waals surface area contributed by atoms with Crippen LogP contribution in [-0.2, 0) is 9.53 Å². The van der Waals surface area contributed by atoms with Crippen molar-refractivity contribution in [2.75, 3.05) is 26.7 Å². The Morgan fingerprint density at radius 1 is 1.38 bits per heavy atom. The molecule has 0 saturated carbocycles. The van der Waals surface area contributed by atoms with Crippen molar-refractivity contribution in [2.24, 2.45) is 0 Å². The minimum atomic E-state index is -0.971. The molecule has 0 unspecified atom stereocenters. The van der Waals surface area contributed by atoms with Gasteiger partial charge in [-0.25, -0.2) is 0 Å². The van der Waals surface area contributed by atoms with Gasteiger partial charge in [-0.1, -0.05) is 0 Å². The van der Waals surface area contributed by atoms with Crippen LogP contribution in [0.4, 0.5) is 0 Å². The first-order valence-corrected chi connectivity index (χ1v) is 8.01. The molecule has 2 saturated heterocycles. The minimum Gasteiger partial charge on any atom is -0.386 e. The summed E-state index contributed by atoms with van der Waals surface area (Å²) in [4.78, 5) is 15.9. The molecule has 2 atom stereocenters. The lowest BCUT2D eigenvalue weighted by Gasteiger charge is -2.53. The van der Waals surface area contributed by atoms with E-state index in [9.17, 15) is 9.90 Å². The van der Waals surface area contributed by atoms with Crippen molar-refractivity contribution in [3.05, 3.63) is 0 Å². The van der Waals surface area contributed by atoms with Crippen LogP contribution in [0, 0.1) is 0 Å². The predicted molar refractivity (Wildman–Crippen MR) is 82.1 cm³/mol. The number of hydrogen-bond acceptors (Lipinski definition) is 4. The summed E-state index contributed by atoms with van der Waals surface area (Å²) in [6.45, 7) is 10.1. The third-order valence-electron chi connectivity index (χ3n) is 5.36. The van der Waals surface area contributed by atoms with Crippen molar-refractivity contribution in [1.82, 2.24) is 9.80 Å². The van der Waals surface area contributed by atoms with Gasteiger partial charge in [0.15, 0.2) is 0 Å². The Bertz CT molecular complexity index is 387. The Kier molecular flexibility index (Phi) is 4.66. The second-order valence-electron chi connectivity index (χ2n) is 7.31. The third-order valence-corrected chi connectivity index (χ3v) is 5.36. The molecular formula is C16H30N2O3. The molecule has 2 aliphatic heterocycles. The van der Waals surface area contributed by atoms with Crippen LogP contribution in [0.15, 0.2) is 0 Å². The molecule has 2 heterocycles. The highest BCUT2D eigenvalue weighted by molar-refractivity contribution is 5.73. The summed E-state index contributed by atoms with van der Waals surface area (Å²) in [5.41, 5.74) is -1.15. The average molecular weight is 298 g/mol. The summed E-state index contributed by atoms with van der Waals surface area (Å²) in [6, 6.07) is 0.388. The Morgan fingerprint density at radius 3 is 2.43 bits per heavy atom. The van der Waals surface area contributed by atoms with Gasteiger partial charge >= 0.3 is 0 Å². The van der Waals surface area contributed by atoms with Crippen molar-refractivity contribution < 1.29 is 14.6 Å². The van der Waals surface area contributed by atoms with E-state index in [0.717, 1.165) is 32.4 Å². The molecule has 21 heavy (non-hydrogen) atoms. The fourth-order valence-corrected chi connectivity index (χ4v) is 3.60. The van der Waals surface area contributed by atoms with E-state index in [1.54, 1.807) is 25.8 Å². The maximum absolute atomic E-state index is 11.7. The van der Waals surface area contributed by atoms with Gasteiger partial charge < -0.3 is 19.6 Å². The van der Waals surface area contributed by atoms with Gasteiger partial charge in [0.25, 0.3) is 0 Å². The van der Waals surface area contributed by atoms with Gasteiger partial charge in [-0.05, 0) is 40.0 Å². The molecule has 1 amide bonds. The molecule has 0 aromatic heterocycles. The number of nitrogens with zero attached hydrogens (tertiary/aromatic N) is 2. The molecule has 122 valence electrons. The van der Waals surface area contributed by atoms with Crippen LogP contribution >= 0.6 is 0 Å². The van der Waals surface area contributed by atoms with Crippen LogP contribution in [-0.4, -0.2) is 70.8 Å². The second-order valence-corrected chi connectivity index (χ2v) is 7.31. The molecule has 0 bridgehead atoms. The third kappa shape index (κ3) is 3.41. The van der Waals surface area contributed by atoms with Crippen molar-refractivity contribution in [3.63, 3.8) is 0 Å². The zero-order valence-electron chi connectivity index (χ0n) is 14.1. The van der Waals surface area contributed by atoms with Crippen molar-refractivity contribution >= 4 is 5.91 Å². The molecule has 5 heteroatoms. The van der Waals surface area contributed by atoms with Gasteiger partial charge in [0.05, 0.1) is 18.2 Å². The van der Waals surface area contributed by atoms with Gasteiger partial charge in [0.1, 0.15) is 5.60 Å². The summed E-state index contributed by atoms with van der Waals surface area (Å²) in [7, 11) is 1.78. The first-order valence-electron chi connectivity index (χ1n) is 8.01. The smallest absolute Gasteiger partial charge is 0.219 e. The Balaban J connectivity index is 2.09. The van der Waals surface area contributed by atoms with E-state index in [2.05, 4.69) is 18.7 Å². The molecule has 0 radical (unpaired) electrons. The van der Waals surface area contributed by atoms with E-state index in [0.29, 0.717) is 12.6 Å². The van der Waals surface area contributed by atoms with E-state index in [4.69, 9.17) is 4.74 Å². The second kappa shape index (κ2) is 5.86. The van der Waals surface area contributed by atoms with Crippen molar-refractivity contribution in [2.45, 2.75) is 70.2 Å². The summed E-state index contributed by atoms with van der Waals surface area (Å²) in [5.74, 6) is -0.00283. The van der Waals surface area contributed by atoms with Crippen molar-refractivity contribution in [1.29, 1.82) is 0 Å². The number of carbonyl (C=O) groups excluding carboxylic acids is 1. The van der Waals surface area contributed by atoms with Crippen LogP contribution in [0.25, 0.3) is 0 Å². The number of amides is 1. The van der Waals surface area contributed by atoms with Gasteiger partial charge in [-0.2, -0.15) is 0 Å². The molecule has 0 aliphatic carbocycles. The number of piperidine rings is 1. The number of carbonyl (C=O) groups is 1. The van der Waals surface area contributed by atoms with E-state index in [1.165, 1.54) is 0 Å². The van der Waals surface area contributed by atoms with E-state index >= 15 is 0 Å². The fraction of sp³-hybridized carbons (Fsp3) is 0.938. The highest BCUT2D eigenvalue weighted by atomic mass is 16.5. The molecule has 1 N–H and O–H groups in total. The predicted octanol–water partition coefficient (Wildman–Crippen LogP) is 1.25. The molecule has 0 aromatic rings. The Morgan fingerprint density at radius 2 is 1.95 bits per heavy atom. The number of likely N-dealkylation sites (N-methyl/N-ethyl adjacent to an activating group) is 1. The van der Waals surface area contributed by atoms with Gasteiger partial charge in [-0.3, -0.25) is 4.79 Å². The van der Waals surface area contributed by atoms with Crippen LogP contribution in [0.1, 0.15) is 47.0 Å². The quantitative estimate of drug-likeness (QED) is 0.833. The van der Waals surface area contributed by atoms with Crippen LogP contribution in [0.5, 0.6) is 0 Å². The van der Waals surface area contributed by atoms with Gasteiger partial charge in [0, 0.05) is 33.1 Å². The Labute approximate surface area is 128 Å². The van der Waals surface area contributed by atoms with Crippen LogP contribution in [0.3, 0.4) is 0 Å². The minimum absolute atomic E-state index is 0.00283. The topological polar surface area (TPSA) is 53.0 Å². The summed E-state index contributed by atoms with van der Waals surface area (Å²) >= 11 is 0. The van der Waals surface area contributed by atoms with Crippen LogP contribution in [0.2, 0.25) is 0 Å². The number of hydrogen-bond donors (Lipinski definition) is 1. The molecule has 2 aliphatic rings. The standard InChI is InChI=1S/C16H30N2O3/c1-12(2)18-8-6-16(7-9-18)10-14(17(5)13(3)19)15(4,20)11-21-16/h12,14,20H,6-11H2,1-5H3/t14-,15-/m0/s1. The maximum Gasteiger partial charge on any atom is 0.219 e. The van der Waals surface area contributed by atoms with Gasteiger partial charge in [0.2, 0.25) is 5.91 Å². The lowest BCUT2D eigenvalue weighted by atomic mass is 9.76. The van der Waals surface area contributed by atoms with Crippen LogP contribution < -0.4 is 0 Å². The molecular weight excluding hydrogens is 268 g/mol. The van der Waals surface area contributed by atoms with E-state index < -0.39 is 5.60 Å². The molecule has 2 rings (SSSR count). The first kappa shape index (κ1) is 16.7. The lowest BCUT2D eigenvalue weighted by molar-refractivity contribution is -0.210. The SMILES string of the molecule is CC(=O)N(C)[C@H]1CC2(CCN(C(C)C)CC2)OC[C@]1(C)O. The van der Waals surface area contributed by atoms with Gasteiger partial charge in [-0.15, -0.1) is 0 Å². The summed E-state index contributed by atoms with van der Waals surface area (Å²) in [6.07, 6.45) is 2.68. The van der Waals surface area contributed by atoms with E-state index in [-0.39, 0.29) is 17.6 Å². The average Bonchev–Trinajstić information content (AvgIpc) is 2.41. The zero-order chi connectivity index (χ0) is 15.8. The van der Waals surface area contributed by atoms with E-state index in [1.807, 2.05) is 0 Å². The Hall–Kier alpha value is -0.650. The molecule has 1 spiro atoms. The first-order chi connectivity index (χ1) is 9.67. The monoisotopic (exact) mass is 298 g/mol. The summed E-state index contributed by atoms with van der Waals surface area (Å²) in [5, 5.41) is 10.6. The largest absolute Gasteiger partial charge is 0.386 e. The normalized spacial score (nSPS) is 33.4. The maximum atomic E-state index is 11.7. The number of rotatable bonds is 2. The lowest BCUT2D eigenvalue weighted by Crippen LogP contribution is -2.64. The summed E-state index contributed by atoms with van der Waals surface area (Å²) < 4.78 is 6.10. The fourth-order valence-electron chi connectivity index (χ4n) is 3.60. The van der Waals surface area contributed by atoms with Crippen molar-refractivity contribution in [3.8, 4) is 0 Å².